The van der Waals surface area contributed by atoms with E-state index >= 15 is 0 Å². The summed E-state index contributed by atoms with van der Waals surface area (Å²) >= 11 is 5.62. The number of halogens is 2. The van der Waals surface area contributed by atoms with Crippen LogP contribution in [0.1, 0.15) is 18.7 Å². The van der Waals surface area contributed by atoms with E-state index in [0.717, 1.165) is 0 Å². The topological polar surface area (TPSA) is 20.2 Å². The second-order valence-corrected chi connectivity index (χ2v) is 2.70. The predicted octanol–water partition coefficient (Wildman–Crippen LogP) is 3.08. The molecule has 0 saturated heterocycles. The van der Waals surface area contributed by atoms with Gasteiger partial charge in [-0.25, -0.2) is 4.39 Å². The lowest BCUT2D eigenvalue weighted by Crippen LogP contribution is -1.87. The van der Waals surface area contributed by atoms with Crippen LogP contribution in [0, 0.1) is 0 Å². The highest BCUT2D eigenvalue weighted by Crippen LogP contribution is 2.32. The zero-order valence-corrected chi connectivity index (χ0v) is 6.77. The summed E-state index contributed by atoms with van der Waals surface area (Å²) in [7, 11) is 0. The maximum absolute atomic E-state index is 12.7. The van der Waals surface area contributed by atoms with Crippen molar-refractivity contribution in [3.8, 4) is 5.75 Å². The fourth-order valence-corrected chi connectivity index (χ4v) is 1.24. The standard InChI is InChI=1S/C8H8ClFO/c1-5(10)8-6(9)3-2-4-7(8)11/h2-5,11H,1H3. The van der Waals surface area contributed by atoms with Crippen molar-refractivity contribution in [2.75, 3.05) is 0 Å². The van der Waals surface area contributed by atoms with E-state index < -0.39 is 6.17 Å². The first kappa shape index (κ1) is 8.34. The van der Waals surface area contributed by atoms with Crippen LogP contribution < -0.4 is 0 Å². The lowest BCUT2D eigenvalue weighted by atomic mass is 10.1. The third-order valence-corrected chi connectivity index (χ3v) is 1.76. The Labute approximate surface area is 69.4 Å². The molecule has 1 rings (SSSR count). The first-order valence-corrected chi connectivity index (χ1v) is 3.62. The van der Waals surface area contributed by atoms with Gasteiger partial charge in [0.05, 0.1) is 5.02 Å². The summed E-state index contributed by atoms with van der Waals surface area (Å²) in [6.45, 7) is 1.33. The highest BCUT2D eigenvalue weighted by molar-refractivity contribution is 6.31. The van der Waals surface area contributed by atoms with Crippen molar-refractivity contribution in [3.63, 3.8) is 0 Å². The fraction of sp³-hybridized carbons (Fsp3) is 0.250. The molecule has 3 heteroatoms. The van der Waals surface area contributed by atoms with E-state index in [2.05, 4.69) is 0 Å². The van der Waals surface area contributed by atoms with Gasteiger partial charge in [-0.05, 0) is 19.1 Å². The van der Waals surface area contributed by atoms with E-state index in [1.165, 1.54) is 13.0 Å². The van der Waals surface area contributed by atoms with Crippen LogP contribution >= 0.6 is 11.6 Å². The molecule has 1 nitrogen and oxygen atoms in total. The van der Waals surface area contributed by atoms with Gasteiger partial charge in [0.2, 0.25) is 0 Å². The third kappa shape index (κ3) is 1.63. The average Bonchev–Trinajstić information content (AvgIpc) is 1.85. The molecule has 0 aromatic heterocycles. The van der Waals surface area contributed by atoms with Crippen LogP contribution in [0.4, 0.5) is 4.39 Å². The molecular formula is C8H8ClFO. The smallest absolute Gasteiger partial charge is 0.127 e. The molecule has 11 heavy (non-hydrogen) atoms. The van der Waals surface area contributed by atoms with E-state index in [0.29, 0.717) is 0 Å². The Hall–Kier alpha value is -0.760. The lowest BCUT2D eigenvalue weighted by molar-refractivity contribution is 0.356. The Bertz CT molecular complexity index is 240. The second kappa shape index (κ2) is 3.09. The molecule has 0 aliphatic carbocycles. The number of benzene rings is 1. The Morgan fingerprint density at radius 1 is 1.55 bits per heavy atom. The number of rotatable bonds is 1. The molecule has 1 atom stereocenters. The number of hydrogen-bond acceptors (Lipinski definition) is 1. The predicted molar refractivity (Wildman–Crippen MR) is 42.6 cm³/mol. The van der Waals surface area contributed by atoms with Crippen molar-refractivity contribution in [1.82, 2.24) is 0 Å². The molecule has 0 saturated carbocycles. The number of hydrogen-bond donors (Lipinski definition) is 1. The van der Waals surface area contributed by atoms with Gasteiger partial charge < -0.3 is 5.11 Å². The monoisotopic (exact) mass is 174 g/mol. The zero-order chi connectivity index (χ0) is 8.43. The summed E-state index contributed by atoms with van der Waals surface area (Å²) in [4.78, 5) is 0. The van der Waals surface area contributed by atoms with Gasteiger partial charge >= 0.3 is 0 Å². The second-order valence-electron chi connectivity index (χ2n) is 2.29. The third-order valence-electron chi connectivity index (χ3n) is 1.43. The van der Waals surface area contributed by atoms with Crippen molar-refractivity contribution < 1.29 is 9.50 Å². The SMILES string of the molecule is CC(F)c1c(O)cccc1Cl. The number of phenolic OH excluding ortho intramolecular Hbond substituents is 1. The minimum absolute atomic E-state index is 0.0903. The summed E-state index contributed by atoms with van der Waals surface area (Å²) in [6, 6.07) is 4.54. The van der Waals surface area contributed by atoms with Gasteiger partial charge in [-0.1, -0.05) is 17.7 Å². The summed E-state index contributed by atoms with van der Waals surface area (Å²) in [5.74, 6) is -0.0903. The van der Waals surface area contributed by atoms with Crippen molar-refractivity contribution in [1.29, 1.82) is 0 Å². The number of aromatic hydroxyl groups is 1. The molecule has 1 aromatic carbocycles. The van der Waals surface area contributed by atoms with Crippen LogP contribution in [0.3, 0.4) is 0 Å². The average molecular weight is 175 g/mol. The molecule has 0 heterocycles. The Balaban J connectivity index is 3.21. The van der Waals surface area contributed by atoms with Crippen molar-refractivity contribution >= 4 is 11.6 Å². The Kier molecular flexibility index (Phi) is 2.35. The normalized spacial score (nSPS) is 13.0. The molecule has 0 aliphatic heterocycles. The molecule has 0 amide bonds. The summed E-state index contributed by atoms with van der Waals surface area (Å²) in [6.07, 6.45) is -1.23. The van der Waals surface area contributed by atoms with Gasteiger partial charge in [0, 0.05) is 5.56 Å². The molecule has 0 spiro atoms. The molecule has 1 unspecified atom stereocenters. The Morgan fingerprint density at radius 2 is 2.18 bits per heavy atom. The van der Waals surface area contributed by atoms with E-state index in [1.807, 2.05) is 0 Å². The Morgan fingerprint density at radius 3 is 2.55 bits per heavy atom. The van der Waals surface area contributed by atoms with Crippen molar-refractivity contribution in [2.45, 2.75) is 13.1 Å². The zero-order valence-electron chi connectivity index (χ0n) is 6.01. The van der Waals surface area contributed by atoms with Gasteiger partial charge in [-0.15, -0.1) is 0 Å². The van der Waals surface area contributed by atoms with Crippen molar-refractivity contribution in [3.05, 3.63) is 28.8 Å². The summed E-state index contributed by atoms with van der Waals surface area (Å²) in [5.41, 5.74) is 0.161. The molecule has 60 valence electrons. The first-order chi connectivity index (χ1) is 5.13. The van der Waals surface area contributed by atoms with Crippen LogP contribution in [-0.2, 0) is 0 Å². The van der Waals surface area contributed by atoms with Crippen molar-refractivity contribution in [2.24, 2.45) is 0 Å². The van der Waals surface area contributed by atoms with E-state index in [9.17, 15) is 4.39 Å². The van der Waals surface area contributed by atoms with Crippen LogP contribution in [0.25, 0.3) is 0 Å². The number of phenols is 1. The van der Waals surface area contributed by atoms with Crippen LogP contribution in [0.5, 0.6) is 5.75 Å². The van der Waals surface area contributed by atoms with Gasteiger partial charge in [0.1, 0.15) is 11.9 Å². The maximum Gasteiger partial charge on any atom is 0.127 e. The first-order valence-electron chi connectivity index (χ1n) is 3.24. The van der Waals surface area contributed by atoms with Gasteiger partial charge in [0.15, 0.2) is 0 Å². The van der Waals surface area contributed by atoms with Crippen LogP contribution in [-0.4, -0.2) is 5.11 Å². The molecule has 0 bridgehead atoms. The fourth-order valence-electron chi connectivity index (χ4n) is 0.919. The van der Waals surface area contributed by atoms with E-state index in [4.69, 9.17) is 16.7 Å². The highest BCUT2D eigenvalue weighted by atomic mass is 35.5. The quantitative estimate of drug-likeness (QED) is 0.694. The van der Waals surface area contributed by atoms with E-state index in [-0.39, 0.29) is 16.3 Å². The molecule has 1 aromatic rings. The maximum atomic E-state index is 12.7. The minimum Gasteiger partial charge on any atom is -0.508 e. The van der Waals surface area contributed by atoms with E-state index in [1.54, 1.807) is 12.1 Å². The van der Waals surface area contributed by atoms with Gasteiger partial charge in [0.25, 0.3) is 0 Å². The largest absolute Gasteiger partial charge is 0.508 e. The highest BCUT2D eigenvalue weighted by Gasteiger charge is 2.11. The number of alkyl halides is 1. The molecular weight excluding hydrogens is 167 g/mol. The van der Waals surface area contributed by atoms with Crippen LogP contribution in [0.2, 0.25) is 5.02 Å². The molecule has 0 aliphatic rings. The lowest BCUT2D eigenvalue weighted by Gasteiger charge is -2.06. The summed E-state index contributed by atoms with van der Waals surface area (Å²) in [5, 5.41) is 9.40. The summed E-state index contributed by atoms with van der Waals surface area (Å²) < 4.78 is 12.7. The van der Waals surface area contributed by atoms with Gasteiger partial charge in [-0.3, -0.25) is 0 Å². The van der Waals surface area contributed by atoms with Crippen LogP contribution in [0.15, 0.2) is 18.2 Å². The molecule has 1 N–H and O–H groups in total. The molecule has 0 radical (unpaired) electrons. The minimum atomic E-state index is -1.23. The van der Waals surface area contributed by atoms with Gasteiger partial charge in [-0.2, -0.15) is 0 Å². The molecule has 0 fully saturated rings.